The molecule has 0 aliphatic heterocycles. The van der Waals surface area contributed by atoms with E-state index in [-0.39, 0.29) is 12.4 Å². The maximum absolute atomic E-state index is 13.6. The summed E-state index contributed by atoms with van der Waals surface area (Å²) < 4.78 is 14.3. The van der Waals surface area contributed by atoms with Gasteiger partial charge in [0.2, 0.25) is 0 Å². The second-order valence-electron chi connectivity index (χ2n) is 5.41. The monoisotopic (exact) mass is 351 g/mol. The molecule has 0 bridgehead atoms. The lowest BCUT2D eigenvalue weighted by Crippen LogP contribution is -2.41. The number of hydrogen-bond donors (Lipinski definition) is 2. The number of benzene rings is 2. The minimum absolute atomic E-state index is 0.0809. The number of aliphatic hydroxyl groups is 1. The van der Waals surface area contributed by atoms with Crippen LogP contribution in [0.15, 0.2) is 46.9 Å². The van der Waals surface area contributed by atoms with Gasteiger partial charge in [0.25, 0.3) is 0 Å². The zero-order valence-corrected chi connectivity index (χ0v) is 13.5. The van der Waals surface area contributed by atoms with Crippen molar-refractivity contribution in [2.75, 3.05) is 13.2 Å². The van der Waals surface area contributed by atoms with Gasteiger partial charge in [0.05, 0.1) is 6.61 Å². The van der Waals surface area contributed by atoms with E-state index in [0.29, 0.717) is 17.4 Å². The average molecular weight is 352 g/mol. The third-order valence-electron chi connectivity index (χ3n) is 3.87. The van der Waals surface area contributed by atoms with E-state index in [9.17, 15) is 9.50 Å². The molecule has 112 valence electrons. The fraction of sp³-hybridized carbons (Fsp3) is 0.294. The van der Waals surface area contributed by atoms with E-state index in [4.69, 9.17) is 5.73 Å². The lowest BCUT2D eigenvalue weighted by Gasteiger charge is -2.33. The molecule has 0 radical (unpaired) electrons. The van der Waals surface area contributed by atoms with Gasteiger partial charge in [0.15, 0.2) is 0 Å². The summed E-state index contributed by atoms with van der Waals surface area (Å²) >= 11 is 3.30. The number of aliphatic hydroxyl groups excluding tert-OH is 1. The van der Waals surface area contributed by atoms with Crippen LogP contribution in [0.2, 0.25) is 0 Å². The first-order chi connectivity index (χ1) is 10.0. The summed E-state index contributed by atoms with van der Waals surface area (Å²) in [5, 5.41) is 9.97. The minimum Gasteiger partial charge on any atom is -0.395 e. The van der Waals surface area contributed by atoms with Crippen LogP contribution >= 0.6 is 15.9 Å². The molecule has 2 nitrogen and oxygen atoms in total. The van der Waals surface area contributed by atoms with Crippen LogP contribution in [0, 0.1) is 12.7 Å². The Hall–Kier alpha value is -1.23. The topological polar surface area (TPSA) is 46.2 Å². The van der Waals surface area contributed by atoms with Gasteiger partial charge in [-0.2, -0.15) is 0 Å². The molecule has 1 atom stereocenters. The van der Waals surface area contributed by atoms with Crippen LogP contribution < -0.4 is 5.73 Å². The first-order valence-corrected chi connectivity index (χ1v) is 7.62. The second kappa shape index (κ2) is 6.69. The van der Waals surface area contributed by atoms with Gasteiger partial charge in [0, 0.05) is 16.4 Å². The maximum Gasteiger partial charge on any atom is 0.124 e. The van der Waals surface area contributed by atoms with Crippen LogP contribution in [-0.2, 0) is 11.8 Å². The van der Waals surface area contributed by atoms with E-state index in [2.05, 4.69) is 15.9 Å². The summed E-state index contributed by atoms with van der Waals surface area (Å²) in [4.78, 5) is 0. The van der Waals surface area contributed by atoms with Crippen molar-refractivity contribution in [2.45, 2.75) is 18.8 Å². The molecule has 2 aromatic rings. The van der Waals surface area contributed by atoms with Crippen molar-refractivity contribution in [1.82, 2.24) is 0 Å². The third-order valence-corrected chi connectivity index (χ3v) is 4.33. The summed E-state index contributed by atoms with van der Waals surface area (Å²) in [6.07, 6.45) is 0.487. The van der Waals surface area contributed by atoms with Crippen LogP contribution in [0.1, 0.15) is 16.7 Å². The highest BCUT2D eigenvalue weighted by molar-refractivity contribution is 9.10. The highest BCUT2D eigenvalue weighted by atomic mass is 79.9. The lowest BCUT2D eigenvalue weighted by atomic mass is 9.74. The Morgan fingerprint density at radius 3 is 2.52 bits per heavy atom. The van der Waals surface area contributed by atoms with Crippen molar-refractivity contribution in [3.05, 3.63) is 69.4 Å². The Labute approximate surface area is 132 Å². The van der Waals surface area contributed by atoms with Crippen molar-refractivity contribution in [2.24, 2.45) is 5.73 Å². The van der Waals surface area contributed by atoms with Crippen molar-refractivity contribution in [1.29, 1.82) is 0 Å². The summed E-state index contributed by atoms with van der Waals surface area (Å²) in [5.41, 5.74) is 8.27. The van der Waals surface area contributed by atoms with E-state index in [0.717, 1.165) is 16.7 Å². The Morgan fingerprint density at radius 2 is 1.95 bits per heavy atom. The van der Waals surface area contributed by atoms with E-state index in [1.165, 1.54) is 12.1 Å². The average Bonchev–Trinajstić information content (AvgIpc) is 2.44. The molecule has 0 heterocycles. The largest absolute Gasteiger partial charge is 0.395 e. The van der Waals surface area contributed by atoms with Gasteiger partial charge in [-0.25, -0.2) is 4.39 Å². The van der Waals surface area contributed by atoms with Crippen molar-refractivity contribution < 1.29 is 9.50 Å². The van der Waals surface area contributed by atoms with Crippen molar-refractivity contribution in [3.63, 3.8) is 0 Å². The molecule has 0 saturated heterocycles. The molecule has 2 aromatic carbocycles. The molecular weight excluding hydrogens is 333 g/mol. The SMILES string of the molecule is Cc1ccccc1C(CN)(CO)Cc1cc(F)cc(Br)c1. The molecule has 0 fully saturated rings. The zero-order chi connectivity index (χ0) is 15.5. The Morgan fingerprint density at radius 1 is 1.24 bits per heavy atom. The number of nitrogens with two attached hydrogens (primary N) is 1. The zero-order valence-electron chi connectivity index (χ0n) is 11.9. The number of halogens is 2. The number of hydrogen-bond acceptors (Lipinski definition) is 2. The van der Waals surface area contributed by atoms with E-state index in [1.807, 2.05) is 37.3 Å². The molecule has 3 N–H and O–H groups in total. The Bertz CT molecular complexity index is 606. The van der Waals surface area contributed by atoms with Gasteiger partial charge in [-0.3, -0.25) is 0 Å². The summed E-state index contributed by atoms with van der Waals surface area (Å²) in [5.74, 6) is -0.298. The van der Waals surface area contributed by atoms with Gasteiger partial charge in [-0.1, -0.05) is 40.2 Å². The molecule has 1 unspecified atom stereocenters. The summed E-state index contributed by atoms with van der Waals surface area (Å²) in [6.45, 7) is 2.21. The highest BCUT2D eigenvalue weighted by Gasteiger charge is 2.32. The standard InChI is InChI=1S/C17H19BrFNO/c1-12-4-2-3-5-16(12)17(10-20,11-21)9-13-6-14(18)8-15(19)7-13/h2-8,21H,9-11,20H2,1H3. The molecular formula is C17H19BrFNO. The predicted molar refractivity (Wildman–Crippen MR) is 86.8 cm³/mol. The first-order valence-electron chi connectivity index (χ1n) is 6.83. The third kappa shape index (κ3) is 3.51. The van der Waals surface area contributed by atoms with Crippen LogP contribution in [0.3, 0.4) is 0 Å². The molecule has 0 amide bonds. The van der Waals surface area contributed by atoms with Gasteiger partial charge in [-0.05, 0) is 48.2 Å². The van der Waals surface area contributed by atoms with Crippen LogP contribution in [0.25, 0.3) is 0 Å². The maximum atomic E-state index is 13.6. The fourth-order valence-corrected chi connectivity index (χ4v) is 3.27. The van der Waals surface area contributed by atoms with Gasteiger partial charge < -0.3 is 10.8 Å². The predicted octanol–water partition coefficient (Wildman–Crippen LogP) is 3.33. The smallest absolute Gasteiger partial charge is 0.124 e. The highest BCUT2D eigenvalue weighted by Crippen LogP contribution is 2.31. The van der Waals surface area contributed by atoms with Crippen LogP contribution in [0.4, 0.5) is 4.39 Å². The van der Waals surface area contributed by atoms with E-state index in [1.54, 1.807) is 0 Å². The minimum atomic E-state index is -0.599. The van der Waals surface area contributed by atoms with E-state index < -0.39 is 5.41 Å². The molecule has 0 aliphatic carbocycles. The molecule has 2 rings (SSSR count). The van der Waals surface area contributed by atoms with Gasteiger partial charge in [0.1, 0.15) is 5.82 Å². The van der Waals surface area contributed by atoms with E-state index >= 15 is 0 Å². The first kappa shape index (κ1) is 16.1. The normalized spacial score (nSPS) is 14.0. The summed E-state index contributed by atoms with van der Waals surface area (Å²) in [6, 6.07) is 12.6. The molecule has 0 aliphatic rings. The molecule has 4 heteroatoms. The quantitative estimate of drug-likeness (QED) is 0.867. The lowest BCUT2D eigenvalue weighted by molar-refractivity contribution is 0.195. The molecule has 0 spiro atoms. The van der Waals surface area contributed by atoms with Crippen LogP contribution in [-0.4, -0.2) is 18.3 Å². The van der Waals surface area contributed by atoms with Crippen molar-refractivity contribution >= 4 is 15.9 Å². The summed E-state index contributed by atoms with van der Waals surface area (Å²) in [7, 11) is 0. The molecule has 0 saturated carbocycles. The van der Waals surface area contributed by atoms with Crippen LogP contribution in [0.5, 0.6) is 0 Å². The Kier molecular flexibility index (Phi) is 5.14. The second-order valence-corrected chi connectivity index (χ2v) is 6.33. The number of aryl methyl sites for hydroxylation is 1. The van der Waals surface area contributed by atoms with Crippen molar-refractivity contribution in [3.8, 4) is 0 Å². The fourth-order valence-electron chi connectivity index (χ4n) is 2.75. The number of rotatable bonds is 5. The van der Waals surface area contributed by atoms with Gasteiger partial charge in [-0.15, -0.1) is 0 Å². The molecule has 0 aromatic heterocycles. The van der Waals surface area contributed by atoms with Gasteiger partial charge >= 0.3 is 0 Å². The molecule has 21 heavy (non-hydrogen) atoms. The Balaban J connectivity index is 2.45.